The fourth-order valence-corrected chi connectivity index (χ4v) is 6.01. The molecule has 0 bridgehead atoms. The van der Waals surface area contributed by atoms with Crippen LogP contribution < -0.4 is 9.80 Å². The SMILES string of the molecule is O=C1CCC2(CCCN(c3nccnc3N3CCCC3)C2)CN1C1CCCC1. The standard InChI is InChI=1S/C22H33N5O/c28-19-8-10-22(17-27(19)18-6-1-2-7-18)9-5-15-26(16-22)21-20(23-11-12-24-21)25-13-3-4-14-25/h11-12,18H,1-10,13-17H2. The van der Waals surface area contributed by atoms with Gasteiger partial charge in [-0.05, 0) is 44.9 Å². The normalized spacial score (nSPS) is 29.3. The first-order valence-corrected chi connectivity index (χ1v) is 11.3. The Morgan fingerprint density at radius 3 is 2.25 bits per heavy atom. The van der Waals surface area contributed by atoms with Crippen LogP contribution in [0, 0.1) is 5.41 Å². The fourth-order valence-electron chi connectivity index (χ4n) is 6.01. The van der Waals surface area contributed by atoms with E-state index in [1.54, 1.807) is 0 Å². The topological polar surface area (TPSA) is 52.6 Å². The highest BCUT2D eigenvalue weighted by Gasteiger charge is 2.44. The van der Waals surface area contributed by atoms with E-state index in [0.29, 0.717) is 11.9 Å². The van der Waals surface area contributed by atoms with E-state index in [-0.39, 0.29) is 5.41 Å². The first-order valence-electron chi connectivity index (χ1n) is 11.3. The monoisotopic (exact) mass is 383 g/mol. The second-order valence-electron chi connectivity index (χ2n) is 9.38. The molecule has 152 valence electrons. The van der Waals surface area contributed by atoms with E-state index >= 15 is 0 Å². The van der Waals surface area contributed by atoms with Gasteiger partial charge in [-0.1, -0.05) is 12.8 Å². The van der Waals surface area contributed by atoms with Gasteiger partial charge < -0.3 is 14.7 Å². The van der Waals surface area contributed by atoms with Crippen molar-refractivity contribution in [3.8, 4) is 0 Å². The largest absolute Gasteiger partial charge is 0.354 e. The van der Waals surface area contributed by atoms with Crippen molar-refractivity contribution in [3.63, 3.8) is 0 Å². The quantitative estimate of drug-likeness (QED) is 0.802. The van der Waals surface area contributed by atoms with Crippen LogP contribution >= 0.6 is 0 Å². The van der Waals surface area contributed by atoms with Crippen LogP contribution in [-0.4, -0.2) is 59.5 Å². The van der Waals surface area contributed by atoms with E-state index in [9.17, 15) is 4.79 Å². The second-order valence-corrected chi connectivity index (χ2v) is 9.38. The van der Waals surface area contributed by atoms with Crippen molar-refractivity contribution in [2.45, 2.75) is 70.3 Å². The molecule has 6 nitrogen and oxygen atoms in total. The number of likely N-dealkylation sites (tertiary alicyclic amines) is 1. The molecule has 3 aliphatic heterocycles. The summed E-state index contributed by atoms with van der Waals surface area (Å²) in [5.74, 6) is 2.52. The Balaban J connectivity index is 1.37. The molecule has 4 aliphatic rings. The predicted octanol–water partition coefficient (Wildman–Crippen LogP) is 3.23. The van der Waals surface area contributed by atoms with Crippen molar-refractivity contribution in [2.75, 3.05) is 42.5 Å². The van der Waals surface area contributed by atoms with Gasteiger partial charge in [-0.2, -0.15) is 0 Å². The highest BCUT2D eigenvalue weighted by molar-refractivity contribution is 5.77. The zero-order valence-electron chi connectivity index (χ0n) is 17.0. The molecule has 0 radical (unpaired) electrons. The smallest absolute Gasteiger partial charge is 0.222 e. The number of rotatable bonds is 3. The first kappa shape index (κ1) is 18.2. The minimum Gasteiger partial charge on any atom is -0.354 e. The third kappa shape index (κ3) is 3.35. The lowest BCUT2D eigenvalue weighted by Gasteiger charge is -2.50. The lowest BCUT2D eigenvalue weighted by molar-refractivity contribution is -0.140. The van der Waals surface area contributed by atoms with Gasteiger partial charge in [-0.25, -0.2) is 9.97 Å². The van der Waals surface area contributed by atoms with Crippen molar-refractivity contribution in [2.24, 2.45) is 5.41 Å². The highest BCUT2D eigenvalue weighted by Crippen LogP contribution is 2.43. The Kier molecular flexibility index (Phi) is 4.89. The average molecular weight is 384 g/mol. The molecule has 1 aromatic rings. The number of hydrogen-bond donors (Lipinski definition) is 0. The number of hydrogen-bond acceptors (Lipinski definition) is 5. The van der Waals surface area contributed by atoms with E-state index < -0.39 is 0 Å². The molecule has 6 heteroatoms. The number of nitrogens with zero attached hydrogens (tertiary/aromatic N) is 5. The fraction of sp³-hybridized carbons (Fsp3) is 0.773. The Bertz CT molecular complexity index is 713. The van der Waals surface area contributed by atoms with Gasteiger partial charge in [0.05, 0.1) is 0 Å². The maximum Gasteiger partial charge on any atom is 0.222 e. The van der Waals surface area contributed by atoms with E-state index in [2.05, 4.69) is 14.7 Å². The molecule has 1 atom stereocenters. The molecular formula is C22H33N5O. The number of amides is 1. The molecule has 3 saturated heterocycles. The lowest BCUT2D eigenvalue weighted by atomic mass is 9.73. The maximum absolute atomic E-state index is 12.7. The Labute approximate surface area is 168 Å². The summed E-state index contributed by atoms with van der Waals surface area (Å²) in [5.41, 5.74) is 0.231. The number of piperidine rings is 2. The van der Waals surface area contributed by atoms with Crippen LogP contribution in [0.1, 0.15) is 64.2 Å². The van der Waals surface area contributed by atoms with Crippen LogP contribution in [0.3, 0.4) is 0 Å². The van der Waals surface area contributed by atoms with E-state index in [1.165, 1.54) is 51.4 Å². The van der Waals surface area contributed by atoms with Crippen molar-refractivity contribution in [3.05, 3.63) is 12.4 Å². The minimum atomic E-state index is 0.231. The van der Waals surface area contributed by atoms with Gasteiger partial charge in [0.1, 0.15) is 0 Å². The van der Waals surface area contributed by atoms with E-state index in [0.717, 1.165) is 57.2 Å². The lowest BCUT2D eigenvalue weighted by Crippen LogP contribution is -2.56. The Morgan fingerprint density at radius 1 is 0.821 bits per heavy atom. The van der Waals surface area contributed by atoms with Gasteiger partial charge in [-0.15, -0.1) is 0 Å². The molecule has 1 amide bonds. The summed E-state index contributed by atoms with van der Waals surface area (Å²) in [5, 5.41) is 0. The van der Waals surface area contributed by atoms with Gasteiger partial charge in [0.2, 0.25) is 5.91 Å². The average Bonchev–Trinajstić information content (AvgIpc) is 3.44. The molecule has 0 aromatic carbocycles. The van der Waals surface area contributed by atoms with Crippen molar-refractivity contribution in [1.82, 2.24) is 14.9 Å². The first-order chi connectivity index (χ1) is 13.7. The van der Waals surface area contributed by atoms with Crippen LogP contribution in [0.25, 0.3) is 0 Å². The molecule has 4 heterocycles. The molecular weight excluding hydrogens is 350 g/mol. The van der Waals surface area contributed by atoms with Gasteiger partial charge >= 0.3 is 0 Å². The van der Waals surface area contributed by atoms with Crippen LogP contribution in [-0.2, 0) is 4.79 Å². The third-order valence-corrected chi connectivity index (χ3v) is 7.49. The Hall–Kier alpha value is -1.85. The molecule has 1 saturated carbocycles. The number of anilines is 2. The summed E-state index contributed by atoms with van der Waals surface area (Å²) in [6.07, 6.45) is 15.3. The summed E-state index contributed by atoms with van der Waals surface area (Å²) < 4.78 is 0. The van der Waals surface area contributed by atoms with E-state index in [4.69, 9.17) is 9.97 Å². The molecule has 0 N–H and O–H groups in total. The summed E-state index contributed by atoms with van der Waals surface area (Å²) in [6, 6.07) is 0.497. The molecule has 1 spiro atoms. The zero-order chi connectivity index (χ0) is 19.0. The predicted molar refractivity (Wildman–Crippen MR) is 111 cm³/mol. The van der Waals surface area contributed by atoms with Gasteiger partial charge in [-0.3, -0.25) is 4.79 Å². The molecule has 28 heavy (non-hydrogen) atoms. The molecule has 4 fully saturated rings. The highest BCUT2D eigenvalue weighted by atomic mass is 16.2. The second kappa shape index (κ2) is 7.53. The van der Waals surface area contributed by atoms with Crippen molar-refractivity contribution < 1.29 is 4.79 Å². The summed E-state index contributed by atoms with van der Waals surface area (Å²) >= 11 is 0. The Morgan fingerprint density at radius 2 is 1.50 bits per heavy atom. The zero-order valence-corrected chi connectivity index (χ0v) is 17.0. The third-order valence-electron chi connectivity index (χ3n) is 7.49. The summed E-state index contributed by atoms with van der Waals surface area (Å²) in [4.78, 5) is 29.3. The van der Waals surface area contributed by atoms with Gasteiger partial charge in [0.25, 0.3) is 0 Å². The number of carbonyl (C=O) groups is 1. The van der Waals surface area contributed by atoms with Crippen LogP contribution in [0.5, 0.6) is 0 Å². The van der Waals surface area contributed by atoms with Crippen LogP contribution in [0.2, 0.25) is 0 Å². The van der Waals surface area contributed by atoms with Crippen LogP contribution in [0.15, 0.2) is 12.4 Å². The van der Waals surface area contributed by atoms with Crippen LogP contribution in [0.4, 0.5) is 11.6 Å². The molecule has 1 unspecified atom stereocenters. The molecule has 5 rings (SSSR count). The van der Waals surface area contributed by atoms with E-state index in [1.807, 2.05) is 12.4 Å². The molecule has 1 aromatic heterocycles. The van der Waals surface area contributed by atoms with Gasteiger partial charge in [0.15, 0.2) is 11.6 Å². The number of carbonyl (C=O) groups excluding carboxylic acids is 1. The van der Waals surface area contributed by atoms with Gasteiger partial charge in [0, 0.05) is 63.0 Å². The van der Waals surface area contributed by atoms with Crippen molar-refractivity contribution >= 4 is 17.5 Å². The summed E-state index contributed by atoms with van der Waals surface area (Å²) in [6.45, 7) is 5.21. The minimum absolute atomic E-state index is 0.231. The maximum atomic E-state index is 12.7. The van der Waals surface area contributed by atoms with Crippen molar-refractivity contribution in [1.29, 1.82) is 0 Å². The molecule has 1 aliphatic carbocycles. The summed E-state index contributed by atoms with van der Waals surface area (Å²) in [7, 11) is 0. The number of aromatic nitrogens is 2.